The second kappa shape index (κ2) is 6.58. The van der Waals surface area contributed by atoms with Crippen molar-refractivity contribution in [2.75, 3.05) is 20.1 Å². The van der Waals surface area contributed by atoms with E-state index in [1.165, 1.54) is 22.6 Å². The summed E-state index contributed by atoms with van der Waals surface area (Å²) in [5, 5.41) is 5.82. The number of likely N-dealkylation sites (N-methyl/N-ethyl adjacent to an activating group) is 1. The first kappa shape index (κ1) is 14.5. The first-order valence-electron chi connectivity index (χ1n) is 6.96. The maximum Gasteiger partial charge on any atom is 0.0931 e. The zero-order valence-electron chi connectivity index (χ0n) is 11.5. The van der Waals surface area contributed by atoms with Gasteiger partial charge in [0.25, 0.3) is 0 Å². The predicted molar refractivity (Wildman–Crippen MR) is 89.1 cm³/mol. The molecule has 0 aromatic carbocycles. The number of nitrogens with zero attached hydrogens (tertiary/aromatic N) is 1. The van der Waals surface area contributed by atoms with E-state index in [0.29, 0.717) is 0 Å². The summed E-state index contributed by atoms with van der Waals surface area (Å²) in [7, 11) is 2.22. The average Bonchev–Trinajstić information content (AvgIpc) is 2.98. The molecular formula is C15H19ClN2S2. The van der Waals surface area contributed by atoms with Crippen LogP contribution in [0.15, 0.2) is 29.6 Å². The quantitative estimate of drug-likeness (QED) is 0.818. The third-order valence-corrected chi connectivity index (χ3v) is 5.92. The molecule has 2 aromatic rings. The minimum absolute atomic E-state index is 0.278. The molecule has 0 radical (unpaired) electrons. The first-order valence-corrected chi connectivity index (χ1v) is 9.03. The first-order chi connectivity index (χ1) is 9.74. The molecule has 1 atom stereocenters. The molecule has 0 saturated heterocycles. The summed E-state index contributed by atoms with van der Waals surface area (Å²) in [6.45, 7) is 2.11. The van der Waals surface area contributed by atoms with E-state index in [0.717, 1.165) is 23.5 Å². The maximum atomic E-state index is 6.09. The predicted octanol–water partition coefficient (Wildman–Crippen LogP) is 4.24. The number of nitrogens with one attached hydrogen (secondary N) is 1. The van der Waals surface area contributed by atoms with E-state index in [4.69, 9.17) is 11.6 Å². The number of hydrogen-bond acceptors (Lipinski definition) is 4. The minimum Gasteiger partial charge on any atom is -0.304 e. The van der Waals surface area contributed by atoms with E-state index < -0.39 is 0 Å². The van der Waals surface area contributed by atoms with Crippen molar-refractivity contribution in [1.29, 1.82) is 0 Å². The van der Waals surface area contributed by atoms with Crippen LogP contribution in [-0.2, 0) is 0 Å². The number of thiophene rings is 2. The normalized spacial score (nSPS) is 16.8. The van der Waals surface area contributed by atoms with E-state index in [9.17, 15) is 0 Å². The van der Waals surface area contributed by atoms with E-state index in [2.05, 4.69) is 40.8 Å². The average molecular weight is 327 g/mol. The van der Waals surface area contributed by atoms with Crippen LogP contribution in [0.1, 0.15) is 28.6 Å². The van der Waals surface area contributed by atoms with Gasteiger partial charge in [0.05, 0.1) is 10.4 Å². The molecule has 5 heteroatoms. The summed E-state index contributed by atoms with van der Waals surface area (Å²) in [5.41, 5.74) is 0. The Bertz CT molecular complexity index is 534. The van der Waals surface area contributed by atoms with Crippen LogP contribution in [0, 0.1) is 0 Å². The van der Waals surface area contributed by atoms with E-state index in [1.54, 1.807) is 22.7 Å². The molecule has 1 N–H and O–H groups in total. The number of hydrogen-bond donors (Lipinski definition) is 1. The standard InChI is InChI=1S/C15H19ClN2S2/c1-18(11-4-5-11)9-8-17-15(12-3-2-10-19-12)13-6-7-14(16)20-13/h2-3,6-7,10-11,15,17H,4-5,8-9H2,1H3. The Hall–Kier alpha value is -0.390. The molecule has 1 aliphatic rings. The van der Waals surface area contributed by atoms with Crippen LogP contribution in [0.2, 0.25) is 4.34 Å². The van der Waals surface area contributed by atoms with Crippen LogP contribution in [0.3, 0.4) is 0 Å². The molecule has 1 unspecified atom stereocenters. The Morgan fingerprint density at radius 3 is 2.80 bits per heavy atom. The van der Waals surface area contributed by atoms with Crippen LogP contribution in [0.4, 0.5) is 0 Å². The van der Waals surface area contributed by atoms with Crippen molar-refractivity contribution in [1.82, 2.24) is 10.2 Å². The molecule has 0 spiro atoms. The van der Waals surface area contributed by atoms with Gasteiger partial charge in [-0.05, 0) is 43.5 Å². The molecule has 0 amide bonds. The van der Waals surface area contributed by atoms with Crippen LogP contribution in [-0.4, -0.2) is 31.1 Å². The van der Waals surface area contributed by atoms with E-state index in [1.807, 2.05) is 6.07 Å². The molecule has 1 saturated carbocycles. The SMILES string of the molecule is CN(CCNC(c1cccs1)c1ccc(Cl)s1)C1CC1. The van der Waals surface area contributed by atoms with Crippen molar-refractivity contribution in [2.24, 2.45) is 0 Å². The third-order valence-electron chi connectivity index (χ3n) is 3.69. The Balaban J connectivity index is 1.63. The van der Waals surface area contributed by atoms with Crippen molar-refractivity contribution in [3.05, 3.63) is 43.7 Å². The van der Waals surface area contributed by atoms with Gasteiger partial charge in [0, 0.05) is 28.9 Å². The highest BCUT2D eigenvalue weighted by Crippen LogP contribution is 2.33. The molecule has 20 heavy (non-hydrogen) atoms. The van der Waals surface area contributed by atoms with Crippen LogP contribution >= 0.6 is 34.3 Å². The highest BCUT2D eigenvalue weighted by atomic mass is 35.5. The molecule has 1 aliphatic carbocycles. The Morgan fingerprint density at radius 1 is 1.35 bits per heavy atom. The van der Waals surface area contributed by atoms with Gasteiger partial charge in [0.15, 0.2) is 0 Å². The monoisotopic (exact) mass is 326 g/mol. The minimum atomic E-state index is 0.278. The Morgan fingerprint density at radius 2 is 2.20 bits per heavy atom. The Kier molecular flexibility index (Phi) is 4.79. The van der Waals surface area contributed by atoms with E-state index in [-0.39, 0.29) is 6.04 Å². The third kappa shape index (κ3) is 3.62. The van der Waals surface area contributed by atoms with Crippen LogP contribution in [0.5, 0.6) is 0 Å². The fourth-order valence-electron chi connectivity index (χ4n) is 2.36. The van der Waals surface area contributed by atoms with Gasteiger partial charge in [0.2, 0.25) is 0 Å². The fourth-order valence-corrected chi connectivity index (χ4v) is 4.41. The summed E-state index contributed by atoms with van der Waals surface area (Å²) in [4.78, 5) is 5.11. The van der Waals surface area contributed by atoms with Gasteiger partial charge < -0.3 is 10.2 Å². The second-order valence-electron chi connectivity index (χ2n) is 5.26. The molecule has 3 rings (SSSR count). The zero-order valence-corrected chi connectivity index (χ0v) is 13.9. The zero-order chi connectivity index (χ0) is 13.9. The van der Waals surface area contributed by atoms with Gasteiger partial charge in [-0.3, -0.25) is 0 Å². The van der Waals surface area contributed by atoms with Gasteiger partial charge in [-0.15, -0.1) is 22.7 Å². The lowest BCUT2D eigenvalue weighted by atomic mass is 10.2. The molecule has 108 valence electrons. The molecular weight excluding hydrogens is 308 g/mol. The van der Waals surface area contributed by atoms with Gasteiger partial charge in [0.1, 0.15) is 0 Å². The van der Waals surface area contributed by atoms with Gasteiger partial charge >= 0.3 is 0 Å². The number of rotatable bonds is 7. The van der Waals surface area contributed by atoms with E-state index >= 15 is 0 Å². The molecule has 2 nitrogen and oxygen atoms in total. The fraction of sp³-hybridized carbons (Fsp3) is 0.467. The lowest BCUT2D eigenvalue weighted by Crippen LogP contribution is -2.32. The van der Waals surface area contributed by atoms with Gasteiger partial charge in [-0.1, -0.05) is 17.7 Å². The van der Waals surface area contributed by atoms with Gasteiger partial charge in [-0.2, -0.15) is 0 Å². The lowest BCUT2D eigenvalue weighted by molar-refractivity contribution is 0.318. The summed E-state index contributed by atoms with van der Waals surface area (Å²) in [6, 6.07) is 9.53. The summed E-state index contributed by atoms with van der Waals surface area (Å²) >= 11 is 9.55. The highest BCUT2D eigenvalue weighted by Gasteiger charge is 2.25. The maximum absolute atomic E-state index is 6.09. The smallest absolute Gasteiger partial charge is 0.0931 e. The molecule has 2 aromatic heterocycles. The van der Waals surface area contributed by atoms with Crippen LogP contribution < -0.4 is 5.32 Å². The van der Waals surface area contributed by atoms with Crippen molar-refractivity contribution >= 4 is 34.3 Å². The largest absolute Gasteiger partial charge is 0.304 e. The molecule has 1 fully saturated rings. The van der Waals surface area contributed by atoms with Crippen LogP contribution in [0.25, 0.3) is 0 Å². The van der Waals surface area contributed by atoms with Crippen molar-refractivity contribution < 1.29 is 0 Å². The van der Waals surface area contributed by atoms with Crippen molar-refractivity contribution in [3.8, 4) is 0 Å². The van der Waals surface area contributed by atoms with Crippen molar-refractivity contribution in [3.63, 3.8) is 0 Å². The Labute approximate surface area is 133 Å². The van der Waals surface area contributed by atoms with Crippen molar-refractivity contribution in [2.45, 2.75) is 24.9 Å². The summed E-state index contributed by atoms with van der Waals surface area (Å²) in [5.74, 6) is 0. The van der Waals surface area contributed by atoms with Gasteiger partial charge in [-0.25, -0.2) is 0 Å². The molecule has 0 bridgehead atoms. The topological polar surface area (TPSA) is 15.3 Å². The lowest BCUT2D eigenvalue weighted by Gasteiger charge is -2.20. The highest BCUT2D eigenvalue weighted by molar-refractivity contribution is 7.16. The second-order valence-corrected chi connectivity index (χ2v) is 7.98. The molecule has 0 aliphatic heterocycles. The summed E-state index contributed by atoms with van der Waals surface area (Å²) in [6.07, 6.45) is 2.73. The number of halogens is 1. The molecule has 2 heterocycles. The summed E-state index contributed by atoms with van der Waals surface area (Å²) < 4.78 is 0.860.